The number of halogens is 7. The zero-order valence-electron chi connectivity index (χ0n) is 46.5. The van der Waals surface area contributed by atoms with Crippen LogP contribution in [0.5, 0.6) is 0 Å². The minimum absolute atomic E-state index is 0.0221. The van der Waals surface area contributed by atoms with Crippen molar-refractivity contribution in [3.63, 3.8) is 0 Å². The van der Waals surface area contributed by atoms with Crippen LogP contribution in [0.2, 0.25) is 36.3 Å². The fourth-order valence-corrected chi connectivity index (χ4v) is 10.8. The molecule has 78 heavy (non-hydrogen) atoms. The number of aryl methyl sites for hydroxylation is 2. The van der Waals surface area contributed by atoms with Gasteiger partial charge in [0, 0.05) is 40.5 Å². The first-order chi connectivity index (χ1) is 36.0. The quantitative estimate of drug-likeness (QED) is 0.0466. The molecule has 0 unspecified atom stereocenters. The van der Waals surface area contributed by atoms with Crippen molar-refractivity contribution in [2.24, 2.45) is 0 Å². The second-order valence-corrected chi connectivity index (χ2v) is 32.3. The molecule has 3 heterocycles. The van der Waals surface area contributed by atoms with Gasteiger partial charge < -0.3 is 8.85 Å². The Hall–Kier alpha value is -6.48. The van der Waals surface area contributed by atoms with Gasteiger partial charge in [0.1, 0.15) is 6.10 Å². The summed E-state index contributed by atoms with van der Waals surface area (Å²) in [5.41, 5.74) is 4.84. The molecular formula is C60H67F7N4O5Si2. The van der Waals surface area contributed by atoms with Gasteiger partial charge in [0.2, 0.25) is 5.95 Å². The molecule has 7 aromatic rings. The van der Waals surface area contributed by atoms with Crippen LogP contribution >= 0.6 is 0 Å². The molecule has 18 heteroatoms. The largest absolute Gasteiger partial charge is 0.416 e. The number of fused-ring (bicyclic) bond motifs is 1. The normalized spacial score (nSPS) is 13.4. The summed E-state index contributed by atoms with van der Waals surface area (Å²) in [6, 6.07) is 26.3. The number of hydrogen-bond acceptors (Lipinski definition) is 8. The van der Waals surface area contributed by atoms with Crippen LogP contribution in [0, 0.1) is 19.8 Å². The number of nitrogens with one attached hydrogen (secondary N) is 1. The van der Waals surface area contributed by atoms with Crippen molar-refractivity contribution in [2.45, 2.75) is 143 Å². The molecule has 7 rings (SSSR count). The van der Waals surface area contributed by atoms with Crippen LogP contribution in [-0.2, 0) is 34.0 Å². The first kappa shape index (κ1) is 60.7. The summed E-state index contributed by atoms with van der Waals surface area (Å²) < 4.78 is 106. The van der Waals surface area contributed by atoms with E-state index in [9.17, 15) is 40.7 Å². The van der Waals surface area contributed by atoms with Crippen LogP contribution in [0.3, 0.4) is 0 Å². The Morgan fingerprint density at radius 2 is 1.04 bits per heavy atom. The number of Topliss-reactive ketones (excluding diaryl/α,β-unsaturated/α-hetero) is 3. The molecule has 0 radical (unpaired) electrons. The van der Waals surface area contributed by atoms with Crippen molar-refractivity contribution in [3.8, 4) is 22.5 Å². The van der Waals surface area contributed by atoms with Gasteiger partial charge in [-0.05, 0) is 147 Å². The van der Waals surface area contributed by atoms with Crippen molar-refractivity contribution in [1.29, 1.82) is 0 Å². The minimum Gasteiger partial charge on any atom is -0.409 e. The lowest BCUT2D eigenvalue weighted by Crippen LogP contribution is -2.45. The number of carbonyl (C=O) groups is 3. The number of benzene rings is 4. The zero-order chi connectivity index (χ0) is 58.1. The summed E-state index contributed by atoms with van der Waals surface area (Å²) in [5.74, 6) is -2.28. The molecule has 0 fully saturated rings. The summed E-state index contributed by atoms with van der Waals surface area (Å²) in [4.78, 5) is 47.4. The third-order valence-electron chi connectivity index (χ3n) is 14.8. The Labute approximate surface area is 453 Å². The highest BCUT2D eigenvalue weighted by atomic mass is 28.4. The van der Waals surface area contributed by atoms with Gasteiger partial charge in [-0.15, -0.1) is 0 Å². The third kappa shape index (κ3) is 14.4. The summed E-state index contributed by atoms with van der Waals surface area (Å²) >= 11 is 0. The Morgan fingerprint density at radius 3 is 1.49 bits per heavy atom. The molecule has 1 N–H and O–H groups in total. The maximum Gasteiger partial charge on any atom is 0.416 e. The number of H-pyrrole nitrogens is 1. The second-order valence-electron chi connectivity index (χ2n) is 22.8. The van der Waals surface area contributed by atoms with Crippen molar-refractivity contribution >= 4 is 45.0 Å². The number of hydrogen-bond donors (Lipinski definition) is 1. The van der Waals surface area contributed by atoms with E-state index < -0.39 is 63.7 Å². The average molecular weight is 1110 g/mol. The second kappa shape index (κ2) is 23.1. The van der Waals surface area contributed by atoms with E-state index in [0.29, 0.717) is 28.0 Å². The molecule has 9 nitrogen and oxygen atoms in total. The molecule has 2 atom stereocenters. The van der Waals surface area contributed by atoms with E-state index >= 15 is 4.39 Å². The molecule has 414 valence electrons. The Balaban J connectivity index is 0.000000252. The standard InChI is InChI=1S/C30H33F4NO3Si.C30H34F3N3O2Si/c1-18-11-12-20(16-26(36)21-9-8-10-22(17-21)30(32,33)34)15-24(18)25-14-13-23(28(31)35-25)27(37)19(2)38-39(6,7)29(3,4)5;1-18-11-12-20(16-26(37)21-9-8-10-22(17-21)30(31,32)33)15-24(18)25-14-13-23-27(35-36-28(23)34-25)19(2)38-39(6,7)29(3,4)5/h8-15,17,19H,16H2,1-7H3;8-15,17,19H,16H2,1-7H3,(H,34,35,36)/t2*19-/m00/s1. The molecule has 3 aromatic heterocycles. The van der Waals surface area contributed by atoms with E-state index in [4.69, 9.17) is 13.8 Å². The Kier molecular flexibility index (Phi) is 18.0. The lowest BCUT2D eigenvalue weighted by molar-refractivity contribution is -0.138. The summed E-state index contributed by atoms with van der Waals surface area (Å²) in [6.45, 7) is 28.6. The molecule has 0 saturated heterocycles. The molecule has 0 amide bonds. The van der Waals surface area contributed by atoms with Crippen molar-refractivity contribution < 1.29 is 54.0 Å². The van der Waals surface area contributed by atoms with Crippen LogP contribution in [0.15, 0.2) is 109 Å². The summed E-state index contributed by atoms with van der Waals surface area (Å²) in [5, 5.41) is 8.40. The Bertz CT molecular complexity index is 3360. The number of nitrogens with zero attached hydrogens (tertiary/aromatic N) is 3. The maximum absolute atomic E-state index is 15.1. The fourth-order valence-electron chi connectivity index (χ4n) is 8.14. The zero-order valence-corrected chi connectivity index (χ0v) is 48.5. The molecule has 0 aliphatic carbocycles. The van der Waals surface area contributed by atoms with Gasteiger partial charge in [0.25, 0.3) is 0 Å². The van der Waals surface area contributed by atoms with Gasteiger partial charge in [-0.2, -0.15) is 35.8 Å². The number of ketones is 3. The average Bonchev–Trinajstić information content (AvgIpc) is 3.85. The predicted octanol–water partition coefficient (Wildman–Crippen LogP) is 16.7. The SMILES string of the molecule is Cc1ccc(CC(=O)c2cccc(C(F)(F)F)c2)cc1-c1ccc(C(=O)[C@H](C)O[Si](C)(C)C(C)(C)C)c(F)n1.Cc1ccc(CC(=O)c2cccc(C(F)(F)F)c2)cc1-c1ccc2c([C@H](C)O[Si](C)(C)C(C)(C)C)[nH]nc2n1. The molecular weight excluding hydrogens is 1050 g/mol. The highest BCUT2D eigenvalue weighted by molar-refractivity contribution is 6.74. The van der Waals surface area contributed by atoms with Crippen LogP contribution in [0.1, 0.15) is 132 Å². The van der Waals surface area contributed by atoms with Gasteiger partial charge in [0.05, 0.1) is 39.9 Å². The Morgan fingerprint density at radius 1 is 0.590 bits per heavy atom. The molecule has 4 aromatic carbocycles. The van der Waals surface area contributed by atoms with Crippen molar-refractivity contribution in [2.75, 3.05) is 0 Å². The summed E-state index contributed by atoms with van der Waals surface area (Å²) in [6.07, 6.45) is -10.2. The lowest BCUT2D eigenvalue weighted by Gasteiger charge is -2.38. The minimum atomic E-state index is -4.55. The van der Waals surface area contributed by atoms with Crippen molar-refractivity contribution in [3.05, 3.63) is 171 Å². The highest BCUT2D eigenvalue weighted by Gasteiger charge is 2.41. The highest BCUT2D eigenvalue weighted by Crippen LogP contribution is 2.41. The number of rotatable bonds is 15. The van der Waals surface area contributed by atoms with Gasteiger partial charge in [-0.1, -0.05) is 90.1 Å². The predicted molar refractivity (Wildman–Crippen MR) is 296 cm³/mol. The smallest absolute Gasteiger partial charge is 0.409 e. The maximum atomic E-state index is 15.1. The number of carbonyl (C=O) groups excluding carboxylic acids is 3. The number of aromatic nitrogens is 4. The summed E-state index contributed by atoms with van der Waals surface area (Å²) in [7, 11) is -4.25. The molecule has 0 spiro atoms. The van der Waals surface area contributed by atoms with E-state index in [1.165, 1.54) is 36.4 Å². The van der Waals surface area contributed by atoms with Crippen LogP contribution < -0.4 is 0 Å². The molecule has 0 bridgehead atoms. The van der Waals surface area contributed by atoms with Gasteiger partial charge >= 0.3 is 12.4 Å². The topological polar surface area (TPSA) is 124 Å². The number of aromatic amines is 1. The molecule has 0 aliphatic rings. The van der Waals surface area contributed by atoms with Crippen LogP contribution in [-0.4, -0.2) is 60.3 Å². The van der Waals surface area contributed by atoms with E-state index in [-0.39, 0.29) is 57.2 Å². The van der Waals surface area contributed by atoms with E-state index in [1.807, 2.05) is 57.3 Å². The van der Waals surface area contributed by atoms with Crippen LogP contribution in [0.4, 0.5) is 30.7 Å². The number of alkyl halides is 6. The van der Waals surface area contributed by atoms with Gasteiger partial charge in [-0.3, -0.25) is 19.5 Å². The van der Waals surface area contributed by atoms with Crippen LogP contribution in [0.25, 0.3) is 33.5 Å². The molecule has 0 saturated carbocycles. The number of pyridine rings is 2. The monoisotopic (exact) mass is 1110 g/mol. The van der Waals surface area contributed by atoms with E-state index in [1.54, 1.807) is 32.0 Å². The van der Waals surface area contributed by atoms with E-state index in [2.05, 4.69) is 69.8 Å². The molecule has 0 aliphatic heterocycles. The first-order valence-electron chi connectivity index (χ1n) is 25.5. The van der Waals surface area contributed by atoms with Gasteiger partial charge in [-0.25, -0.2) is 9.97 Å². The first-order valence-corrected chi connectivity index (χ1v) is 31.3. The lowest BCUT2D eigenvalue weighted by atomic mass is 9.96. The van der Waals surface area contributed by atoms with Crippen molar-refractivity contribution in [1.82, 2.24) is 20.2 Å². The third-order valence-corrected chi connectivity index (χ3v) is 23.9. The van der Waals surface area contributed by atoms with Gasteiger partial charge in [0.15, 0.2) is 39.6 Å². The fraction of sp³-hybridized carbons (Fsp3) is 0.367. The van der Waals surface area contributed by atoms with E-state index in [0.717, 1.165) is 52.0 Å².